The molecule has 0 aromatic carbocycles. The van der Waals surface area contributed by atoms with Crippen LogP contribution in [0.1, 0.15) is 79.1 Å². The van der Waals surface area contributed by atoms with Crippen molar-refractivity contribution in [3.05, 3.63) is 11.6 Å². The number of aliphatic hydroxyl groups excluding tert-OH is 5. The van der Waals surface area contributed by atoms with Gasteiger partial charge in [-0.25, -0.2) is 4.18 Å². The SMILES string of the molecule is C[C@H](CC[C@]1(O)O[C@H]2C[C@H]3[C@@H]4CC=C5C[C@@H](O)C[C@@H](OS(=O)(=O)O)[C@]5(C)[C@H]4CC[C@]3(C)[C@H]2[C@@H]1C)CO[C@@H]1O[C@H](CO)[C@@H](O)[C@H](O)[C@H]1O. The van der Waals surface area contributed by atoms with Crippen molar-refractivity contribution in [3.63, 3.8) is 0 Å². The van der Waals surface area contributed by atoms with E-state index < -0.39 is 71.1 Å². The van der Waals surface area contributed by atoms with Crippen molar-refractivity contribution in [2.45, 2.75) is 134 Å². The zero-order chi connectivity index (χ0) is 34.3. The highest BCUT2D eigenvalue weighted by atomic mass is 32.3. The van der Waals surface area contributed by atoms with E-state index in [1.54, 1.807) is 0 Å². The molecule has 6 rings (SSSR count). The number of hydrogen-bond acceptors (Lipinski definition) is 12. The lowest BCUT2D eigenvalue weighted by atomic mass is 9.46. The molecule has 2 aliphatic heterocycles. The molecule has 0 radical (unpaired) electrons. The number of rotatable bonds is 9. The molecule has 47 heavy (non-hydrogen) atoms. The third kappa shape index (κ3) is 6.16. The van der Waals surface area contributed by atoms with Gasteiger partial charge in [0.15, 0.2) is 12.1 Å². The van der Waals surface area contributed by atoms with E-state index in [0.29, 0.717) is 25.2 Å². The molecule has 13 nitrogen and oxygen atoms in total. The quantitative estimate of drug-likeness (QED) is 0.134. The Morgan fingerprint density at radius 3 is 2.49 bits per heavy atom. The van der Waals surface area contributed by atoms with Crippen LogP contribution >= 0.6 is 0 Å². The van der Waals surface area contributed by atoms with Gasteiger partial charge in [-0.3, -0.25) is 4.55 Å². The summed E-state index contributed by atoms with van der Waals surface area (Å²) in [5, 5.41) is 62.2. The van der Waals surface area contributed by atoms with Gasteiger partial charge >= 0.3 is 10.4 Å². The van der Waals surface area contributed by atoms with Crippen LogP contribution in [0.4, 0.5) is 0 Å². The fourth-order valence-electron chi connectivity index (χ4n) is 10.9. The average Bonchev–Trinajstić information content (AvgIpc) is 3.43. The Kier molecular flexibility index (Phi) is 9.81. The maximum absolute atomic E-state index is 11.9. The summed E-state index contributed by atoms with van der Waals surface area (Å²) in [6.45, 7) is 8.00. The first kappa shape index (κ1) is 36.1. The zero-order valence-electron chi connectivity index (χ0n) is 27.7. The van der Waals surface area contributed by atoms with Gasteiger partial charge in [-0.15, -0.1) is 0 Å². The van der Waals surface area contributed by atoms with E-state index in [4.69, 9.17) is 18.4 Å². The Morgan fingerprint density at radius 1 is 1.09 bits per heavy atom. The number of ether oxygens (including phenoxy) is 3. The van der Waals surface area contributed by atoms with E-state index in [0.717, 1.165) is 31.3 Å². The monoisotopic (exact) mass is 690 g/mol. The van der Waals surface area contributed by atoms with E-state index in [2.05, 4.69) is 19.9 Å². The predicted octanol–water partition coefficient (Wildman–Crippen LogP) is 1.29. The fourth-order valence-corrected chi connectivity index (χ4v) is 11.5. The third-order valence-corrected chi connectivity index (χ3v) is 13.9. The molecule has 270 valence electrons. The Morgan fingerprint density at radius 2 is 1.81 bits per heavy atom. The maximum Gasteiger partial charge on any atom is 0.397 e. The first-order valence-corrected chi connectivity index (χ1v) is 18.6. The lowest BCUT2D eigenvalue weighted by molar-refractivity contribution is -0.303. The van der Waals surface area contributed by atoms with Gasteiger partial charge < -0.3 is 44.8 Å². The Hall–Kier alpha value is -0.750. The summed E-state index contributed by atoms with van der Waals surface area (Å²) < 4.78 is 56.3. The molecule has 0 bridgehead atoms. The Labute approximate surface area is 277 Å². The summed E-state index contributed by atoms with van der Waals surface area (Å²) in [6, 6.07) is 0. The molecule has 0 aromatic heterocycles. The lowest BCUT2D eigenvalue weighted by Gasteiger charge is -2.59. The number of allylic oxidation sites excluding steroid dienone is 1. The van der Waals surface area contributed by atoms with Crippen LogP contribution < -0.4 is 0 Å². The molecule has 0 aromatic rings. The average molecular weight is 691 g/mol. The van der Waals surface area contributed by atoms with Gasteiger partial charge in [0.25, 0.3) is 0 Å². The second-order valence-corrected chi connectivity index (χ2v) is 17.0. The van der Waals surface area contributed by atoms with E-state index in [-0.39, 0.29) is 54.1 Å². The van der Waals surface area contributed by atoms with Crippen LogP contribution in [0.15, 0.2) is 11.6 Å². The van der Waals surface area contributed by atoms with Crippen molar-refractivity contribution in [1.29, 1.82) is 0 Å². The van der Waals surface area contributed by atoms with Crippen molar-refractivity contribution in [2.75, 3.05) is 13.2 Å². The number of hydrogen-bond donors (Lipinski definition) is 7. The topological polar surface area (TPSA) is 213 Å². The Bertz CT molecular complexity index is 1290. The molecule has 4 aliphatic carbocycles. The van der Waals surface area contributed by atoms with Gasteiger partial charge in [0.1, 0.15) is 24.4 Å². The molecule has 14 heteroatoms. The van der Waals surface area contributed by atoms with Crippen LogP contribution in [-0.2, 0) is 28.8 Å². The summed E-state index contributed by atoms with van der Waals surface area (Å²) in [5.41, 5.74) is 0.289. The lowest BCUT2D eigenvalue weighted by Crippen LogP contribution is -2.59. The van der Waals surface area contributed by atoms with E-state index in [9.17, 15) is 43.6 Å². The highest BCUT2D eigenvalue weighted by molar-refractivity contribution is 7.80. The van der Waals surface area contributed by atoms with Gasteiger partial charge in [-0.2, -0.15) is 8.42 Å². The summed E-state index contributed by atoms with van der Waals surface area (Å²) in [5.74, 6) is -0.716. The van der Waals surface area contributed by atoms with Crippen molar-refractivity contribution >= 4 is 10.4 Å². The van der Waals surface area contributed by atoms with Crippen LogP contribution in [0.25, 0.3) is 0 Å². The Balaban J connectivity index is 1.10. The first-order chi connectivity index (χ1) is 21.9. The van der Waals surface area contributed by atoms with Gasteiger partial charge in [0.05, 0.1) is 31.5 Å². The van der Waals surface area contributed by atoms with Gasteiger partial charge in [-0.05, 0) is 73.5 Å². The summed E-state index contributed by atoms with van der Waals surface area (Å²) in [7, 11) is -4.71. The normalized spacial score (nSPS) is 51.8. The zero-order valence-corrected chi connectivity index (χ0v) is 28.5. The maximum atomic E-state index is 11.9. The molecular formula is C33H54O13S. The fraction of sp³-hybridized carbons (Fsp3) is 0.939. The molecule has 17 atom stereocenters. The molecule has 7 N–H and O–H groups in total. The highest BCUT2D eigenvalue weighted by Gasteiger charge is 2.68. The van der Waals surface area contributed by atoms with Gasteiger partial charge in [-0.1, -0.05) is 39.3 Å². The van der Waals surface area contributed by atoms with Crippen molar-refractivity contribution in [3.8, 4) is 0 Å². The molecule has 2 saturated heterocycles. The molecule has 6 aliphatic rings. The second-order valence-electron chi connectivity index (χ2n) is 16.0. The molecule has 3 saturated carbocycles. The minimum absolute atomic E-state index is 0.0581. The van der Waals surface area contributed by atoms with E-state index in [1.165, 1.54) is 0 Å². The molecule has 0 spiro atoms. The highest BCUT2D eigenvalue weighted by Crippen LogP contribution is 2.70. The number of fused-ring (bicyclic) bond motifs is 7. The largest absolute Gasteiger partial charge is 0.397 e. The minimum atomic E-state index is -4.71. The van der Waals surface area contributed by atoms with Gasteiger partial charge in [0, 0.05) is 24.2 Å². The molecular weight excluding hydrogens is 636 g/mol. The van der Waals surface area contributed by atoms with Crippen LogP contribution in [0.3, 0.4) is 0 Å². The van der Waals surface area contributed by atoms with Gasteiger partial charge in [0.2, 0.25) is 0 Å². The van der Waals surface area contributed by atoms with Crippen LogP contribution in [0.5, 0.6) is 0 Å². The first-order valence-electron chi connectivity index (χ1n) is 17.3. The summed E-state index contributed by atoms with van der Waals surface area (Å²) >= 11 is 0. The predicted molar refractivity (Wildman–Crippen MR) is 165 cm³/mol. The van der Waals surface area contributed by atoms with Crippen LogP contribution in [0, 0.1) is 46.3 Å². The summed E-state index contributed by atoms with van der Waals surface area (Å²) in [4.78, 5) is 0. The number of aliphatic hydroxyl groups is 6. The minimum Gasteiger partial charge on any atom is -0.394 e. The molecule has 2 heterocycles. The molecule has 5 fully saturated rings. The van der Waals surface area contributed by atoms with Crippen molar-refractivity contribution in [2.24, 2.45) is 46.3 Å². The van der Waals surface area contributed by atoms with E-state index in [1.807, 2.05) is 13.8 Å². The molecule has 0 unspecified atom stereocenters. The molecule has 0 amide bonds. The van der Waals surface area contributed by atoms with Crippen molar-refractivity contribution < 1.29 is 62.0 Å². The van der Waals surface area contributed by atoms with Crippen LogP contribution in [0.2, 0.25) is 0 Å². The summed E-state index contributed by atoms with van der Waals surface area (Å²) in [6.07, 6.45) is -1.31. The van der Waals surface area contributed by atoms with Crippen LogP contribution in [-0.4, -0.2) is 112 Å². The third-order valence-electron chi connectivity index (χ3n) is 13.5. The second kappa shape index (κ2) is 12.8. The van der Waals surface area contributed by atoms with E-state index >= 15 is 0 Å². The smallest absolute Gasteiger partial charge is 0.394 e. The van der Waals surface area contributed by atoms with Crippen molar-refractivity contribution in [1.82, 2.24) is 0 Å². The standard InChI is InChI=1S/C33H54O13S/c1-16(15-43-30-29(38)28(37)27(36)24(14-34)44-30)7-10-33(39)17(2)26-23(45-33)13-22-20-6-5-18-11-19(35)12-25(46-47(40,41)42)32(18,4)21(20)8-9-31(22,26)3/h5,16-17,19-30,34-39H,6-15H2,1-4H3,(H,40,41,42)/t16-,17+,19-,20-,21+,22+,23+,24-,25-,26+,27-,28+,29-,30-,31+,32+,33+/m1/s1.